The Kier molecular flexibility index (Phi) is 3.86. The van der Waals surface area contributed by atoms with Crippen LogP contribution in [-0.2, 0) is 4.74 Å². The Labute approximate surface area is 96.3 Å². The number of anilines is 1. The van der Waals surface area contributed by atoms with Crippen LogP contribution in [0.2, 0.25) is 0 Å². The zero-order valence-corrected chi connectivity index (χ0v) is 10.2. The van der Waals surface area contributed by atoms with Gasteiger partial charge in [-0.05, 0) is 32.9 Å². The number of hydrogen-bond acceptors (Lipinski definition) is 4. The largest absolute Gasteiger partial charge is 0.382 e. The van der Waals surface area contributed by atoms with Gasteiger partial charge in [0.15, 0.2) is 0 Å². The van der Waals surface area contributed by atoms with E-state index in [1.807, 2.05) is 20.8 Å². The van der Waals surface area contributed by atoms with Crippen LogP contribution >= 0.6 is 0 Å². The first-order chi connectivity index (χ1) is 7.46. The topological polar surface area (TPSA) is 57.9 Å². The SMILES string of the molecule is COCC(C)(C)Nc1cc(C#N)cc(C)n1. The average Bonchev–Trinajstić information content (AvgIpc) is 2.15. The average molecular weight is 219 g/mol. The molecule has 0 saturated heterocycles. The maximum atomic E-state index is 8.86. The lowest BCUT2D eigenvalue weighted by atomic mass is 10.1. The number of aromatic nitrogens is 1. The van der Waals surface area contributed by atoms with E-state index in [-0.39, 0.29) is 5.54 Å². The summed E-state index contributed by atoms with van der Waals surface area (Å²) in [6.45, 7) is 6.49. The number of nitrogens with one attached hydrogen (secondary N) is 1. The van der Waals surface area contributed by atoms with Gasteiger partial charge in [-0.15, -0.1) is 0 Å². The highest BCUT2D eigenvalue weighted by molar-refractivity contribution is 5.45. The highest BCUT2D eigenvalue weighted by Crippen LogP contribution is 2.15. The molecule has 0 atom stereocenters. The minimum absolute atomic E-state index is 0.206. The molecule has 0 aromatic carbocycles. The number of nitriles is 1. The molecule has 0 radical (unpaired) electrons. The van der Waals surface area contributed by atoms with E-state index in [0.717, 1.165) is 5.69 Å². The number of methoxy groups -OCH3 is 1. The van der Waals surface area contributed by atoms with Crippen LogP contribution in [0, 0.1) is 18.3 Å². The molecular formula is C12H17N3O. The normalized spacial score (nSPS) is 10.9. The molecular weight excluding hydrogens is 202 g/mol. The minimum Gasteiger partial charge on any atom is -0.382 e. The highest BCUT2D eigenvalue weighted by Gasteiger charge is 2.17. The zero-order chi connectivity index (χ0) is 12.2. The number of rotatable bonds is 4. The first-order valence-electron chi connectivity index (χ1n) is 5.13. The number of hydrogen-bond donors (Lipinski definition) is 1. The van der Waals surface area contributed by atoms with Crippen LogP contribution in [0.25, 0.3) is 0 Å². The molecule has 0 aliphatic carbocycles. The lowest BCUT2D eigenvalue weighted by Gasteiger charge is -2.26. The van der Waals surface area contributed by atoms with E-state index < -0.39 is 0 Å². The number of nitrogens with zero attached hydrogens (tertiary/aromatic N) is 2. The molecule has 0 bridgehead atoms. The van der Waals surface area contributed by atoms with Gasteiger partial charge in [-0.2, -0.15) is 5.26 Å². The second-order valence-corrected chi connectivity index (χ2v) is 4.44. The quantitative estimate of drug-likeness (QED) is 0.842. The van der Waals surface area contributed by atoms with Crippen molar-refractivity contribution in [3.63, 3.8) is 0 Å². The molecule has 1 rings (SSSR count). The summed E-state index contributed by atoms with van der Waals surface area (Å²) in [5.41, 5.74) is 1.24. The maximum Gasteiger partial charge on any atom is 0.128 e. The Balaban J connectivity index is 2.89. The Morgan fingerprint density at radius 3 is 2.75 bits per heavy atom. The minimum atomic E-state index is -0.206. The van der Waals surface area contributed by atoms with E-state index in [1.54, 1.807) is 19.2 Å². The van der Waals surface area contributed by atoms with Gasteiger partial charge >= 0.3 is 0 Å². The van der Waals surface area contributed by atoms with Gasteiger partial charge in [0.1, 0.15) is 5.82 Å². The molecule has 86 valence electrons. The first-order valence-corrected chi connectivity index (χ1v) is 5.13. The molecule has 1 aromatic heterocycles. The molecule has 0 saturated carbocycles. The molecule has 16 heavy (non-hydrogen) atoms. The predicted molar refractivity (Wildman–Crippen MR) is 63.3 cm³/mol. The van der Waals surface area contributed by atoms with E-state index in [1.165, 1.54) is 0 Å². The Morgan fingerprint density at radius 2 is 2.19 bits per heavy atom. The van der Waals surface area contributed by atoms with Crippen molar-refractivity contribution in [2.24, 2.45) is 0 Å². The summed E-state index contributed by atoms with van der Waals surface area (Å²) in [6.07, 6.45) is 0. The molecule has 0 unspecified atom stereocenters. The molecule has 1 N–H and O–H groups in total. The van der Waals surface area contributed by atoms with Gasteiger partial charge in [0, 0.05) is 12.8 Å². The van der Waals surface area contributed by atoms with E-state index in [0.29, 0.717) is 18.0 Å². The number of pyridine rings is 1. The van der Waals surface area contributed by atoms with E-state index in [4.69, 9.17) is 10.00 Å². The summed E-state index contributed by atoms with van der Waals surface area (Å²) in [7, 11) is 1.66. The third-order valence-corrected chi connectivity index (χ3v) is 2.05. The van der Waals surface area contributed by atoms with E-state index in [9.17, 15) is 0 Å². The van der Waals surface area contributed by atoms with Crippen molar-refractivity contribution < 1.29 is 4.74 Å². The van der Waals surface area contributed by atoms with Gasteiger partial charge in [-0.1, -0.05) is 0 Å². The van der Waals surface area contributed by atoms with Crippen LogP contribution in [0.4, 0.5) is 5.82 Å². The molecule has 0 fully saturated rings. The molecule has 0 aliphatic heterocycles. The van der Waals surface area contributed by atoms with Gasteiger partial charge in [0.2, 0.25) is 0 Å². The highest BCUT2D eigenvalue weighted by atomic mass is 16.5. The van der Waals surface area contributed by atoms with Crippen molar-refractivity contribution in [1.82, 2.24) is 4.98 Å². The van der Waals surface area contributed by atoms with Crippen LogP contribution in [0.15, 0.2) is 12.1 Å². The van der Waals surface area contributed by atoms with Crippen molar-refractivity contribution in [2.45, 2.75) is 26.3 Å². The van der Waals surface area contributed by atoms with Crippen molar-refractivity contribution in [3.05, 3.63) is 23.4 Å². The second-order valence-electron chi connectivity index (χ2n) is 4.44. The maximum absolute atomic E-state index is 8.86. The van der Waals surface area contributed by atoms with Crippen molar-refractivity contribution in [2.75, 3.05) is 19.0 Å². The standard InChI is InChI=1S/C12H17N3O/c1-9-5-10(7-13)6-11(14-9)15-12(2,3)8-16-4/h5-6H,8H2,1-4H3,(H,14,15). The Morgan fingerprint density at radius 1 is 1.50 bits per heavy atom. The van der Waals surface area contributed by atoms with Crippen molar-refractivity contribution in [1.29, 1.82) is 5.26 Å². The first kappa shape index (κ1) is 12.5. The van der Waals surface area contributed by atoms with Crippen LogP contribution < -0.4 is 5.32 Å². The molecule has 4 nitrogen and oxygen atoms in total. The molecule has 0 spiro atoms. The summed E-state index contributed by atoms with van der Waals surface area (Å²) >= 11 is 0. The number of aryl methyl sites for hydroxylation is 1. The van der Waals surface area contributed by atoms with Gasteiger partial charge in [0.05, 0.1) is 23.8 Å². The third kappa shape index (κ3) is 3.52. The monoisotopic (exact) mass is 219 g/mol. The molecule has 4 heteroatoms. The third-order valence-electron chi connectivity index (χ3n) is 2.05. The second kappa shape index (κ2) is 4.95. The lowest BCUT2D eigenvalue weighted by molar-refractivity contribution is 0.158. The fourth-order valence-corrected chi connectivity index (χ4v) is 1.54. The summed E-state index contributed by atoms with van der Waals surface area (Å²) in [5.74, 6) is 0.707. The summed E-state index contributed by atoms with van der Waals surface area (Å²) in [5, 5.41) is 12.1. The van der Waals surface area contributed by atoms with Gasteiger partial charge in [-0.3, -0.25) is 0 Å². The lowest BCUT2D eigenvalue weighted by Crippen LogP contribution is -2.36. The molecule has 0 aliphatic rings. The van der Waals surface area contributed by atoms with Crippen LogP contribution in [0.1, 0.15) is 25.1 Å². The Hall–Kier alpha value is -1.60. The van der Waals surface area contributed by atoms with Gasteiger partial charge < -0.3 is 10.1 Å². The van der Waals surface area contributed by atoms with Crippen molar-refractivity contribution in [3.8, 4) is 6.07 Å². The molecule has 1 aromatic rings. The smallest absolute Gasteiger partial charge is 0.128 e. The zero-order valence-electron chi connectivity index (χ0n) is 10.2. The molecule has 1 heterocycles. The summed E-state index contributed by atoms with van der Waals surface area (Å²) < 4.78 is 5.11. The predicted octanol–water partition coefficient (Wildman–Crippen LogP) is 2.10. The van der Waals surface area contributed by atoms with Crippen molar-refractivity contribution >= 4 is 5.82 Å². The van der Waals surface area contributed by atoms with E-state index >= 15 is 0 Å². The fraction of sp³-hybridized carbons (Fsp3) is 0.500. The number of ether oxygens (including phenoxy) is 1. The van der Waals surface area contributed by atoms with Crippen LogP contribution in [0.5, 0.6) is 0 Å². The summed E-state index contributed by atoms with van der Waals surface area (Å²) in [4.78, 5) is 4.33. The van der Waals surface area contributed by atoms with Crippen LogP contribution in [0.3, 0.4) is 0 Å². The Bertz CT molecular complexity index is 407. The van der Waals surface area contributed by atoms with Crippen LogP contribution in [-0.4, -0.2) is 24.2 Å². The summed E-state index contributed by atoms with van der Waals surface area (Å²) in [6, 6.07) is 5.61. The van der Waals surface area contributed by atoms with Gasteiger partial charge in [-0.25, -0.2) is 4.98 Å². The van der Waals surface area contributed by atoms with E-state index in [2.05, 4.69) is 16.4 Å². The fourth-order valence-electron chi connectivity index (χ4n) is 1.54. The molecule has 0 amide bonds. The van der Waals surface area contributed by atoms with Gasteiger partial charge in [0.25, 0.3) is 0 Å².